The van der Waals surface area contributed by atoms with Crippen molar-refractivity contribution in [3.63, 3.8) is 0 Å². The number of carbonyl (C=O) groups excluding carboxylic acids is 1. The van der Waals surface area contributed by atoms with Gasteiger partial charge in [-0.05, 0) is 62.9 Å². The number of hydrogen-bond donors (Lipinski definition) is 0. The van der Waals surface area contributed by atoms with Crippen molar-refractivity contribution in [2.24, 2.45) is 0 Å². The Morgan fingerprint density at radius 2 is 1.83 bits per heavy atom. The molecule has 1 aromatic rings. The minimum absolute atomic E-state index is 0.267. The van der Waals surface area contributed by atoms with Gasteiger partial charge in [0.05, 0.1) is 0 Å². The van der Waals surface area contributed by atoms with Gasteiger partial charge in [0.1, 0.15) is 17.9 Å². The average molecular weight is 351 g/mol. The molecule has 0 aliphatic carbocycles. The number of hydrogen-bond acceptors (Lipinski definition) is 3. The first-order chi connectivity index (χ1) is 11.7. The van der Waals surface area contributed by atoms with Crippen molar-refractivity contribution in [3.8, 4) is 5.75 Å². The summed E-state index contributed by atoms with van der Waals surface area (Å²) in [7, 11) is 0. The van der Waals surface area contributed by atoms with Crippen LogP contribution in [0.3, 0.4) is 0 Å². The van der Waals surface area contributed by atoms with E-state index >= 15 is 0 Å². The molecule has 1 amide bonds. The number of nitrogens with zero attached hydrogens (tertiary/aromatic N) is 2. The molecule has 1 atom stereocenters. The van der Waals surface area contributed by atoms with Gasteiger partial charge in [0.2, 0.25) is 5.91 Å². The molecule has 5 heteroatoms. The van der Waals surface area contributed by atoms with Crippen molar-refractivity contribution in [1.82, 2.24) is 9.80 Å². The van der Waals surface area contributed by atoms with E-state index in [0.717, 1.165) is 64.0 Å². The van der Waals surface area contributed by atoms with Crippen LogP contribution in [-0.4, -0.2) is 54.0 Å². The number of halogens is 1. The monoisotopic (exact) mass is 350 g/mol. The van der Waals surface area contributed by atoms with E-state index in [0.29, 0.717) is 17.5 Å². The van der Waals surface area contributed by atoms with Crippen LogP contribution < -0.4 is 4.74 Å². The second-order valence-corrected chi connectivity index (χ2v) is 7.26. The fraction of sp³-hybridized carbons (Fsp3) is 0.632. The predicted octanol–water partition coefficient (Wildman–Crippen LogP) is 3.59. The molecule has 3 rings (SSSR count). The summed E-state index contributed by atoms with van der Waals surface area (Å²) in [5.74, 6) is 1.18. The second kappa shape index (κ2) is 7.75. The zero-order chi connectivity index (χ0) is 17.0. The van der Waals surface area contributed by atoms with E-state index in [1.165, 1.54) is 0 Å². The molecular formula is C19H27ClN2O2. The lowest BCUT2D eigenvalue weighted by Crippen LogP contribution is -2.60. The second-order valence-electron chi connectivity index (χ2n) is 6.82. The summed E-state index contributed by atoms with van der Waals surface area (Å²) < 4.78 is 5.84. The van der Waals surface area contributed by atoms with E-state index in [1.807, 2.05) is 24.3 Å². The molecule has 132 valence electrons. The van der Waals surface area contributed by atoms with Gasteiger partial charge >= 0.3 is 0 Å². The average Bonchev–Trinajstić information content (AvgIpc) is 2.98. The molecule has 2 heterocycles. The SMILES string of the molecule is CCCN1CCCC2(CCCN2CCOc2ccc(Cl)cc2)C1=O. The molecule has 4 nitrogen and oxygen atoms in total. The van der Waals surface area contributed by atoms with Crippen LogP contribution in [0, 0.1) is 0 Å². The number of ether oxygens (including phenoxy) is 1. The number of carbonyl (C=O) groups is 1. The van der Waals surface area contributed by atoms with Gasteiger partial charge in [0, 0.05) is 24.7 Å². The first kappa shape index (κ1) is 17.6. The highest BCUT2D eigenvalue weighted by Gasteiger charge is 2.50. The molecule has 1 unspecified atom stereocenters. The van der Waals surface area contributed by atoms with E-state index in [-0.39, 0.29) is 5.54 Å². The molecule has 1 spiro atoms. The first-order valence-electron chi connectivity index (χ1n) is 9.08. The van der Waals surface area contributed by atoms with Crippen molar-refractivity contribution >= 4 is 17.5 Å². The number of likely N-dealkylation sites (tertiary alicyclic amines) is 2. The Hall–Kier alpha value is -1.26. The Kier molecular flexibility index (Phi) is 5.67. The molecule has 2 aliphatic rings. The lowest BCUT2D eigenvalue weighted by atomic mass is 9.85. The quantitative estimate of drug-likeness (QED) is 0.786. The van der Waals surface area contributed by atoms with Crippen LogP contribution >= 0.6 is 11.6 Å². The molecule has 2 saturated heterocycles. The highest BCUT2D eigenvalue weighted by atomic mass is 35.5. The largest absolute Gasteiger partial charge is 0.492 e. The Balaban J connectivity index is 1.60. The molecule has 2 aliphatic heterocycles. The summed E-state index contributed by atoms with van der Waals surface area (Å²) in [5, 5.41) is 0.713. The minimum Gasteiger partial charge on any atom is -0.492 e. The van der Waals surface area contributed by atoms with Gasteiger partial charge in [0.15, 0.2) is 0 Å². The maximum atomic E-state index is 13.0. The smallest absolute Gasteiger partial charge is 0.243 e. The summed E-state index contributed by atoms with van der Waals surface area (Å²) in [5.41, 5.74) is -0.267. The van der Waals surface area contributed by atoms with Gasteiger partial charge in [-0.25, -0.2) is 0 Å². The van der Waals surface area contributed by atoms with Crippen molar-refractivity contribution in [1.29, 1.82) is 0 Å². The Morgan fingerprint density at radius 3 is 2.54 bits per heavy atom. The third-order valence-electron chi connectivity index (χ3n) is 5.26. The first-order valence-corrected chi connectivity index (χ1v) is 9.46. The number of amides is 1. The van der Waals surface area contributed by atoms with E-state index in [4.69, 9.17) is 16.3 Å². The highest BCUT2D eigenvalue weighted by Crippen LogP contribution is 2.38. The van der Waals surface area contributed by atoms with Crippen molar-refractivity contribution in [2.45, 2.75) is 44.6 Å². The fourth-order valence-electron chi connectivity index (χ4n) is 4.14. The molecule has 24 heavy (non-hydrogen) atoms. The molecule has 2 fully saturated rings. The van der Waals surface area contributed by atoms with Crippen LogP contribution in [0.4, 0.5) is 0 Å². The van der Waals surface area contributed by atoms with Crippen LogP contribution in [0.25, 0.3) is 0 Å². The summed E-state index contributed by atoms with van der Waals surface area (Å²) in [6.07, 6.45) is 5.23. The number of piperidine rings is 1. The van der Waals surface area contributed by atoms with Gasteiger partial charge in [-0.15, -0.1) is 0 Å². The van der Waals surface area contributed by atoms with Gasteiger partial charge in [0.25, 0.3) is 0 Å². The number of rotatable bonds is 6. The van der Waals surface area contributed by atoms with E-state index in [2.05, 4.69) is 16.7 Å². The Labute approximate surface area is 149 Å². The van der Waals surface area contributed by atoms with Crippen LogP contribution in [-0.2, 0) is 4.79 Å². The molecule has 0 N–H and O–H groups in total. The van der Waals surface area contributed by atoms with Gasteiger partial charge < -0.3 is 9.64 Å². The summed E-state index contributed by atoms with van der Waals surface area (Å²) >= 11 is 5.90. The van der Waals surface area contributed by atoms with E-state index in [1.54, 1.807) is 0 Å². The normalized spacial score (nSPS) is 24.8. The van der Waals surface area contributed by atoms with Crippen molar-refractivity contribution in [2.75, 3.05) is 32.8 Å². The standard InChI is InChI=1S/C19H27ClN2O2/c1-2-11-21-12-3-9-19(18(21)23)10-4-13-22(19)14-15-24-17-7-5-16(20)6-8-17/h5-8H,2-4,9-15H2,1H3. The van der Waals surface area contributed by atoms with Gasteiger partial charge in [-0.1, -0.05) is 18.5 Å². The van der Waals surface area contributed by atoms with E-state index < -0.39 is 0 Å². The lowest BCUT2D eigenvalue weighted by molar-refractivity contribution is -0.147. The van der Waals surface area contributed by atoms with Crippen molar-refractivity contribution < 1.29 is 9.53 Å². The summed E-state index contributed by atoms with van der Waals surface area (Å²) in [4.78, 5) is 17.5. The fourth-order valence-corrected chi connectivity index (χ4v) is 4.26. The highest BCUT2D eigenvalue weighted by molar-refractivity contribution is 6.30. The van der Waals surface area contributed by atoms with Crippen molar-refractivity contribution in [3.05, 3.63) is 29.3 Å². The summed E-state index contributed by atoms with van der Waals surface area (Å²) in [6, 6.07) is 7.44. The molecular weight excluding hydrogens is 324 g/mol. The lowest BCUT2D eigenvalue weighted by Gasteiger charge is -2.44. The molecule has 1 aromatic carbocycles. The summed E-state index contributed by atoms with van der Waals surface area (Å²) in [6.45, 7) is 6.34. The third kappa shape index (κ3) is 3.55. The topological polar surface area (TPSA) is 32.8 Å². The van der Waals surface area contributed by atoms with Crippen LogP contribution in [0.15, 0.2) is 24.3 Å². The third-order valence-corrected chi connectivity index (χ3v) is 5.52. The minimum atomic E-state index is -0.267. The van der Waals surface area contributed by atoms with Crippen LogP contribution in [0.2, 0.25) is 5.02 Å². The van der Waals surface area contributed by atoms with Gasteiger partial charge in [-0.2, -0.15) is 0 Å². The maximum Gasteiger partial charge on any atom is 0.243 e. The van der Waals surface area contributed by atoms with Crippen LogP contribution in [0.1, 0.15) is 39.0 Å². The van der Waals surface area contributed by atoms with Crippen LogP contribution in [0.5, 0.6) is 5.75 Å². The van der Waals surface area contributed by atoms with Gasteiger partial charge in [-0.3, -0.25) is 9.69 Å². The van der Waals surface area contributed by atoms with E-state index in [9.17, 15) is 4.79 Å². The molecule has 0 saturated carbocycles. The predicted molar refractivity (Wildman–Crippen MR) is 96.6 cm³/mol. The molecule has 0 aromatic heterocycles. The maximum absolute atomic E-state index is 13.0. The molecule has 0 radical (unpaired) electrons. The Morgan fingerprint density at radius 1 is 1.12 bits per heavy atom. The zero-order valence-corrected chi connectivity index (χ0v) is 15.2. The Bertz CT molecular complexity index is 561. The molecule has 0 bridgehead atoms. The number of benzene rings is 1. The zero-order valence-electron chi connectivity index (χ0n) is 14.5.